The molecule has 0 aliphatic heterocycles. The zero-order valence-corrected chi connectivity index (χ0v) is 18.3. The molecule has 0 saturated heterocycles. The second-order valence-corrected chi connectivity index (χ2v) is 6.56. The molecule has 1 aromatic heterocycles. The number of halogens is 1. The Balaban J connectivity index is 0.00000576. The molecule has 0 atom stereocenters. The van der Waals surface area contributed by atoms with E-state index >= 15 is 0 Å². The van der Waals surface area contributed by atoms with Crippen LogP contribution < -0.4 is 15.4 Å². The van der Waals surface area contributed by atoms with Crippen LogP contribution in [0.1, 0.15) is 33.3 Å². The summed E-state index contributed by atoms with van der Waals surface area (Å²) in [5.41, 5.74) is 0.695. The lowest BCUT2D eigenvalue weighted by Crippen LogP contribution is -2.42. The number of rotatable bonds is 6. The molecule has 25 heavy (non-hydrogen) atoms. The van der Waals surface area contributed by atoms with Crippen LogP contribution in [0, 0.1) is 0 Å². The Kier molecular flexibility index (Phi) is 10.4. The molecule has 0 aliphatic rings. The quantitative estimate of drug-likeness (QED) is 0.384. The topological polar surface area (TPSA) is 78.9 Å². The van der Waals surface area contributed by atoms with Gasteiger partial charge in [-0.3, -0.25) is 4.79 Å². The van der Waals surface area contributed by atoms with Crippen molar-refractivity contribution in [2.75, 3.05) is 27.2 Å². The van der Waals surface area contributed by atoms with Crippen molar-refractivity contribution in [3.63, 3.8) is 0 Å². The third-order valence-corrected chi connectivity index (χ3v) is 2.88. The van der Waals surface area contributed by atoms with Gasteiger partial charge in [-0.25, -0.2) is 9.98 Å². The summed E-state index contributed by atoms with van der Waals surface area (Å²) in [5.74, 6) is 1.19. The van der Waals surface area contributed by atoms with E-state index in [2.05, 4.69) is 20.6 Å². The average molecular weight is 463 g/mol. The third-order valence-electron chi connectivity index (χ3n) is 2.88. The van der Waals surface area contributed by atoms with Crippen LogP contribution >= 0.6 is 24.0 Å². The van der Waals surface area contributed by atoms with Gasteiger partial charge in [-0.1, -0.05) is 6.07 Å². The second kappa shape index (κ2) is 11.1. The number of pyridine rings is 1. The molecule has 1 amide bonds. The van der Waals surface area contributed by atoms with Gasteiger partial charge in [0, 0.05) is 32.9 Å². The van der Waals surface area contributed by atoms with Gasteiger partial charge in [0.1, 0.15) is 5.60 Å². The number of aliphatic imine (C=N–C) groups is 1. The molecule has 0 unspecified atom stereocenters. The number of amides is 1. The number of likely N-dealkylation sites (N-methyl/N-ethyl adjacent to an activating group) is 1. The first-order chi connectivity index (χ1) is 11.2. The molecule has 0 aliphatic carbocycles. The number of nitrogens with one attached hydrogen (secondary N) is 2. The van der Waals surface area contributed by atoms with E-state index in [1.54, 1.807) is 20.3 Å². The first-order valence-electron chi connectivity index (χ1n) is 8.07. The summed E-state index contributed by atoms with van der Waals surface area (Å²) in [5, 5.41) is 6.13. The zero-order valence-electron chi connectivity index (χ0n) is 15.9. The Morgan fingerprint density at radius 2 is 1.96 bits per heavy atom. The monoisotopic (exact) mass is 463 g/mol. The molecule has 0 bridgehead atoms. The Morgan fingerprint density at radius 1 is 1.28 bits per heavy atom. The fourth-order valence-electron chi connectivity index (χ4n) is 1.71. The van der Waals surface area contributed by atoms with Crippen molar-refractivity contribution in [3.8, 4) is 5.88 Å². The highest BCUT2D eigenvalue weighted by Crippen LogP contribution is 2.15. The fourth-order valence-corrected chi connectivity index (χ4v) is 1.71. The Hall–Kier alpha value is -1.58. The van der Waals surface area contributed by atoms with Gasteiger partial charge in [-0.2, -0.15) is 0 Å². The van der Waals surface area contributed by atoms with Gasteiger partial charge in [-0.15, -0.1) is 24.0 Å². The van der Waals surface area contributed by atoms with Crippen molar-refractivity contribution in [1.29, 1.82) is 0 Å². The van der Waals surface area contributed by atoms with Crippen molar-refractivity contribution in [2.45, 2.75) is 39.8 Å². The number of aromatic nitrogens is 1. The molecule has 0 fully saturated rings. The van der Waals surface area contributed by atoms with E-state index < -0.39 is 0 Å². The highest BCUT2D eigenvalue weighted by Gasteiger charge is 2.12. The Labute approximate surface area is 167 Å². The molecular formula is C17H30IN5O2. The number of ether oxygens (including phenoxy) is 1. The zero-order chi connectivity index (χ0) is 18.2. The molecule has 2 N–H and O–H groups in total. The predicted molar refractivity (Wildman–Crippen MR) is 112 cm³/mol. The molecule has 142 valence electrons. The van der Waals surface area contributed by atoms with Crippen LogP contribution in [0.5, 0.6) is 5.88 Å². The Bertz CT molecular complexity index is 553. The Morgan fingerprint density at radius 3 is 2.44 bits per heavy atom. The largest absolute Gasteiger partial charge is 0.472 e. The van der Waals surface area contributed by atoms with E-state index in [9.17, 15) is 4.79 Å². The normalized spacial score (nSPS) is 11.4. The highest BCUT2D eigenvalue weighted by molar-refractivity contribution is 14.0. The maximum atomic E-state index is 11.6. The molecule has 8 heteroatoms. The van der Waals surface area contributed by atoms with Crippen LogP contribution in [-0.4, -0.2) is 54.5 Å². The van der Waals surface area contributed by atoms with Crippen LogP contribution in [0.15, 0.2) is 23.3 Å². The summed E-state index contributed by atoms with van der Waals surface area (Å²) in [6, 6.07) is 3.78. The highest BCUT2D eigenvalue weighted by atomic mass is 127. The van der Waals surface area contributed by atoms with Crippen LogP contribution in [0.4, 0.5) is 0 Å². The molecule has 1 aromatic rings. The van der Waals surface area contributed by atoms with Crippen molar-refractivity contribution >= 4 is 35.8 Å². The number of guanidine groups is 1. The minimum Gasteiger partial charge on any atom is -0.472 e. The van der Waals surface area contributed by atoms with Gasteiger partial charge in [-0.05, 0) is 33.3 Å². The van der Waals surface area contributed by atoms with Gasteiger partial charge in [0.2, 0.25) is 11.8 Å². The van der Waals surface area contributed by atoms with Gasteiger partial charge in [0.15, 0.2) is 5.96 Å². The SMILES string of the molecule is CCNC(=NCc1ccc(OC(C)(C)C)nc1)NCC(=O)N(C)C.I. The smallest absolute Gasteiger partial charge is 0.241 e. The van der Waals surface area contributed by atoms with Gasteiger partial charge >= 0.3 is 0 Å². The summed E-state index contributed by atoms with van der Waals surface area (Å²) >= 11 is 0. The van der Waals surface area contributed by atoms with E-state index in [0.29, 0.717) is 18.4 Å². The van der Waals surface area contributed by atoms with E-state index in [-0.39, 0.29) is 42.0 Å². The van der Waals surface area contributed by atoms with E-state index in [1.807, 2.05) is 39.8 Å². The molecule has 0 saturated carbocycles. The third kappa shape index (κ3) is 10.1. The molecule has 1 rings (SSSR count). The predicted octanol–water partition coefficient (Wildman–Crippen LogP) is 2.02. The van der Waals surface area contributed by atoms with Crippen molar-refractivity contribution in [3.05, 3.63) is 23.9 Å². The maximum absolute atomic E-state index is 11.6. The fraction of sp³-hybridized carbons (Fsp3) is 0.588. The lowest BCUT2D eigenvalue weighted by atomic mass is 10.2. The number of carbonyl (C=O) groups excluding carboxylic acids is 1. The van der Waals surface area contributed by atoms with Crippen molar-refractivity contribution in [2.24, 2.45) is 4.99 Å². The van der Waals surface area contributed by atoms with Gasteiger partial charge in [0.05, 0.1) is 13.1 Å². The molecule has 1 heterocycles. The van der Waals surface area contributed by atoms with Crippen LogP contribution in [0.2, 0.25) is 0 Å². The first kappa shape index (κ1) is 23.4. The van der Waals surface area contributed by atoms with E-state index in [0.717, 1.165) is 12.1 Å². The van der Waals surface area contributed by atoms with Gasteiger partial charge in [0.25, 0.3) is 0 Å². The second-order valence-electron chi connectivity index (χ2n) is 6.56. The summed E-state index contributed by atoms with van der Waals surface area (Å²) in [7, 11) is 3.45. The number of hydrogen-bond donors (Lipinski definition) is 2. The van der Waals surface area contributed by atoms with Gasteiger partial charge < -0.3 is 20.3 Å². The summed E-state index contributed by atoms with van der Waals surface area (Å²) < 4.78 is 5.69. The maximum Gasteiger partial charge on any atom is 0.241 e. The molecular weight excluding hydrogens is 433 g/mol. The van der Waals surface area contributed by atoms with E-state index in [1.165, 1.54) is 4.90 Å². The minimum absolute atomic E-state index is 0. The molecule has 0 aromatic carbocycles. The van der Waals surface area contributed by atoms with Crippen molar-refractivity contribution in [1.82, 2.24) is 20.5 Å². The minimum atomic E-state index is -0.270. The van der Waals surface area contributed by atoms with E-state index in [4.69, 9.17) is 4.74 Å². The van der Waals surface area contributed by atoms with Crippen molar-refractivity contribution < 1.29 is 9.53 Å². The summed E-state index contributed by atoms with van der Waals surface area (Å²) in [6.45, 7) is 9.32. The molecule has 0 radical (unpaired) electrons. The molecule has 7 nitrogen and oxygen atoms in total. The molecule has 0 spiro atoms. The lowest BCUT2D eigenvalue weighted by molar-refractivity contribution is -0.127. The standard InChI is InChI=1S/C17H29N5O2.HI/c1-7-18-16(21-12-15(23)22(5)6)20-11-13-8-9-14(19-10-13)24-17(2,3)4;/h8-10H,7,11-12H2,1-6H3,(H2,18,20,21);1H. The number of hydrogen-bond acceptors (Lipinski definition) is 4. The van der Waals surface area contributed by atoms with Crippen LogP contribution in [-0.2, 0) is 11.3 Å². The van der Waals surface area contributed by atoms with Crippen LogP contribution in [0.25, 0.3) is 0 Å². The lowest BCUT2D eigenvalue weighted by Gasteiger charge is -2.20. The first-order valence-corrected chi connectivity index (χ1v) is 8.07. The summed E-state index contributed by atoms with van der Waals surface area (Å²) in [4.78, 5) is 21.9. The summed E-state index contributed by atoms with van der Waals surface area (Å²) in [6.07, 6.45) is 1.75. The number of carbonyl (C=O) groups is 1. The average Bonchev–Trinajstić information content (AvgIpc) is 2.49. The number of nitrogens with zero attached hydrogens (tertiary/aromatic N) is 3. The van der Waals surface area contributed by atoms with Crippen LogP contribution in [0.3, 0.4) is 0 Å².